The third-order valence-corrected chi connectivity index (χ3v) is 17.0. The molecule has 18 heteroatoms. The van der Waals surface area contributed by atoms with Crippen molar-refractivity contribution in [2.45, 2.75) is 348 Å². The predicted molar refractivity (Wildman–Crippen MR) is 418 cm³/mol. The van der Waals surface area contributed by atoms with Crippen LogP contribution in [0.2, 0.25) is 0 Å². The smallest absolute Gasteiger partial charge is 0.317 e. The SMILES string of the molecule is CC(=O)CCCCCC/C=C/CC(CC(=O)OCCC(C)C)C(=O)OCCC(C)C.CC(=O)CCCCCC/C=C/CC1CC(=O)OC1=O.CC(=O)CCCCCC/C=C/CC1CC(=O)OC1=O.CC(C)CCO.CC(C)CCO.CCC(C/C=C/CCCCCCC(C)=O)CC(=O)OCCC(C)C. The maximum absolute atomic E-state index is 12.4. The minimum atomic E-state index is -0.490. The highest BCUT2D eigenvalue weighted by atomic mass is 16.6. The first-order valence-corrected chi connectivity index (χ1v) is 40.2. The van der Waals surface area contributed by atoms with Crippen LogP contribution >= 0.6 is 0 Å². The number of carbonyl (C=O) groups excluding carboxylic acids is 11. The molecule has 18 nitrogen and oxygen atoms in total. The molecule has 0 aromatic carbocycles. The van der Waals surface area contributed by atoms with Gasteiger partial charge in [0.25, 0.3) is 0 Å². The fraction of sp³-hybridized carbons (Fsp3) is 0.779. The van der Waals surface area contributed by atoms with E-state index >= 15 is 0 Å². The third kappa shape index (κ3) is 80.3. The van der Waals surface area contributed by atoms with E-state index in [0.29, 0.717) is 119 Å². The second kappa shape index (κ2) is 74.1. The van der Waals surface area contributed by atoms with Gasteiger partial charge < -0.3 is 53.1 Å². The molecule has 0 spiro atoms. The number of hydrogen-bond acceptors (Lipinski definition) is 18. The Morgan fingerprint density at radius 1 is 0.394 bits per heavy atom. The second-order valence-electron chi connectivity index (χ2n) is 30.2. The minimum Gasteiger partial charge on any atom is -0.466 e. The first-order valence-electron chi connectivity index (χ1n) is 40.2. The van der Waals surface area contributed by atoms with Gasteiger partial charge in [-0.3, -0.25) is 33.6 Å². The molecule has 2 rings (SSSR count). The molecule has 4 unspecified atom stereocenters. The maximum atomic E-state index is 12.4. The van der Waals surface area contributed by atoms with Crippen molar-refractivity contribution in [2.24, 2.45) is 53.3 Å². The molecule has 2 N–H and O–H groups in total. The molecule has 2 heterocycles. The maximum Gasteiger partial charge on any atom is 0.317 e. The molecule has 0 amide bonds. The van der Waals surface area contributed by atoms with Gasteiger partial charge >= 0.3 is 41.8 Å². The summed E-state index contributed by atoms with van der Waals surface area (Å²) in [6.45, 7) is 31.6. The number of ketones is 4. The van der Waals surface area contributed by atoms with E-state index in [2.05, 4.69) is 116 Å². The van der Waals surface area contributed by atoms with E-state index in [1.54, 1.807) is 27.7 Å². The molecule has 104 heavy (non-hydrogen) atoms. The first-order chi connectivity index (χ1) is 49.4. The topological polar surface area (TPSA) is 274 Å². The lowest BCUT2D eigenvalue weighted by molar-refractivity contribution is -0.155. The fourth-order valence-electron chi connectivity index (χ4n) is 9.96. The summed E-state index contributed by atoms with van der Waals surface area (Å²) in [4.78, 5) is 124. The minimum absolute atomic E-state index is 0.0543. The number of allylic oxidation sites excluding steroid dienone is 8. The van der Waals surface area contributed by atoms with E-state index in [9.17, 15) is 52.7 Å². The summed E-state index contributed by atoms with van der Waals surface area (Å²) < 4.78 is 24.9. The molecule has 2 aliphatic heterocycles. The van der Waals surface area contributed by atoms with E-state index in [-0.39, 0.29) is 78.3 Å². The number of rotatable bonds is 55. The van der Waals surface area contributed by atoms with Crippen molar-refractivity contribution in [3.63, 3.8) is 0 Å². The number of aliphatic hydroxyl groups is 2. The van der Waals surface area contributed by atoms with Gasteiger partial charge in [-0.1, -0.05) is 183 Å². The third-order valence-electron chi connectivity index (χ3n) is 17.0. The van der Waals surface area contributed by atoms with Crippen LogP contribution in [0.3, 0.4) is 0 Å². The molecule has 602 valence electrons. The highest BCUT2D eigenvalue weighted by molar-refractivity contribution is 5.95. The molecule has 0 bridgehead atoms. The van der Waals surface area contributed by atoms with Crippen molar-refractivity contribution in [3.8, 4) is 0 Å². The quantitative estimate of drug-likeness (QED) is 0.0188. The van der Waals surface area contributed by atoms with Crippen molar-refractivity contribution < 1.29 is 86.6 Å². The van der Waals surface area contributed by atoms with Gasteiger partial charge in [0.15, 0.2) is 0 Å². The van der Waals surface area contributed by atoms with Crippen molar-refractivity contribution >= 4 is 64.9 Å². The second-order valence-corrected chi connectivity index (χ2v) is 30.2. The summed E-state index contributed by atoms with van der Waals surface area (Å²) in [6.07, 6.45) is 49.7. The number of carbonyl (C=O) groups is 11. The van der Waals surface area contributed by atoms with Gasteiger partial charge in [-0.2, -0.15) is 0 Å². The van der Waals surface area contributed by atoms with Gasteiger partial charge in [0, 0.05) is 45.3 Å². The van der Waals surface area contributed by atoms with E-state index in [0.717, 1.165) is 167 Å². The number of ether oxygens (including phenoxy) is 5. The number of aliphatic hydroxyl groups excluding tert-OH is 2. The predicted octanol–water partition coefficient (Wildman–Crippen LogP) is 19.9. The van der Waals surface area contributed by atoms with Crippen LogP contribution in [0.25, 0.3) is 0 Å². The lowest BCUT2D eigenvalue weighted by Crippen LogP contribution is -2.23. The Kier molecular flexibility index (Phi) is 74.6. The Balaban J connectivity index is -0.000000614. The summed E-state index contributed by atoms with van der Waals surface area (Å²) >= 11 is 0. The number of unbranched alkanes of at least 4 members (excludes halogenated alkanes) is 16. The molecule has 2 fully saturated rings. The van der Waals surface area contributed by atoms with Crippen LogP contribution in [-0.4, -0.2) is 108 Å². The van der Waals surface area contributed by atoms with Crippen LogP contribution in [0.4, 0.5) is 0 Å². The molecule has 0 saturated carbocycles. The standard InChI is InChI=1S/C25H44O5.C21H38O3.2C15H22O4.2C5H12O/c1-20(2)15-17-29-24(27)19-23(25(28)30-18-16-21(3)4)14-12-10-8-6-7-9-11-13-22(5)26;1-5-20(17-21(23)24-16-15-18(2)3)14-12-10-8-6-7-9-11-13-19(4)22;2*1-12(16)9-7-5-3-2-4-6-8-10-13-11-14(17)19-15(13)18;2*1-5(2)3-4-6/h10,12,20-21,23H,6-9,11,13-19H2,1-5H3;10,12,18,20H,5-9,11,13-17H2,1-4H3;2*6,8,13H,2-5,7,9-11H2,1H3;2*5-6H,3-4H2,1-2H3/b2*12-10+;2*8-6+;;. The number of esters is 7. The van der Waals surface area contributed by atoms with Gasteiger partial charge in [0.05, 0.1) is 56.8 Å². The molecule has 0 aromatic heterocycles. The molecular formula is C86H150O18. The van der Waals surface area contributed by atoms with Crippen LogP contribution in [0, 0.1) is 53.3 Å². The summed E-state index contributed by atoms with van der Waals surface area (Å²) in [5.41, 5.74) is 0. The number of hydrogen-bond donors (Lipinski definition) is 2. The Labute approximate surface area is 631 Å². The van der Waals surface area contributed by atoms with Crippen LogP contribution in [0.15, 0.2) is 48.6 Å². The lowest BCUT2D eigenvalue weighted by Gasteiger charge is -2.15. The van der Waals surface area contributed by atoms with Gasteiger partial charge in [-0.15, -0.1) is 0 Å². The molecule has 0 radical (unpaired) electrons. The normalized spacial score (nSPS) is 14.7. The summed E-state index contributed by atoms with van der Waals surface area (Å²) in [7, 11) is 0. The van der Waals surface area contributed by atoms with Crippen LogP contribution in [0.1, 0.15) is 348 Å². The van der Waals surface area contributed by atoms with E-state index in [4.69, 9.17) is 24.4 Å². The highest BCUT2D eigenvalue weighted by Gasteiger charge is 2.33. The Hall–Kier alpha value is -5.75. The first kappa shape index (κ1) is 105. The Morgan fingerprint density at radius 2 is 0.692 bits per heavy atom. The van der Waals surface area contributed by atoms with Crippen molar-refractivity contribution in [3.05, 3.63) is 48.6 Å². The van der Waals surface area contributed by atoms with Crippen molar-refractivity contribution in [1.82, 2.24) is 0 Å². The Morgan fingerprint density at radius 3 is 0.971 bits per heavy atom. The summed E-state index contributed by atoms with van der Waals surface area (Å²) in [5.74, 6) is 0.927. The molecule has 4 atom stereocenters. The van der Waals surface area contributed by atoms with Gasteiger partial charge in [0.2, 0.25) is 0 Å². The van der Waals surface area contributed by atoms with Crippen LogP contribution in [-0.2, 0) is 76.4 Å². The molecule has 2 aliphatic rings. The van der Waals surface area contributed by atoms with E-state index < -0.39 is 17.9 Å². The summed E-state index contributed by atoms with van der Waals surface area (Å²) in [6, 6.07) is 0. The molecule has 2 saturated heterocycles. The van der Waals surface area contributed by atoms with Crippen molar-refractivity contribution in [2.75, 3.05) is 33.0 Å². The van der Waals surface area contributed by atoms with Crippen LogP contribution in [0.5, 0.6) is 0 Å². The van der Waals surface area contributed by atoms with E-state index in [1.165, 1.54) is 12.8 Å². The van der Waals surface area contributed by atoms with Crippen molar-refractivity contribution in [1.29, 1.82) is 0 Å². The number of Topliss-reactive ketones (excluding diaryl/α,β-unsaturated/α-hetero) is 4. The average molecular weight is 1470 g/mol. The largest absolute Gasteiger partial charge is 0.466 e. The van der Waals surface area contributed by atoms with Gasteiger partial charge in [-0.25, -0.2) is 0 Å². The average Bonchev–Trinajstić information content (AvgIpc) is 1.69. The van der Waals surface area contributed by atoms with Gasteiger partial charge in [0.1, 0.15) is 23.1 Å². The van der Waals surface area contributed by atoms with Gasteiger partial charge in [-0.05, 0) is 198 Å². The lowest BCUT2D eigenvalue weighted by atomic mass is 9.98. The highest BCUT2D eigenvalue weighted by Crippen LogP contribution is 2.23. The van der Waals surface area contributed by atoms with Crippen LogP contribution < -0.4 is 0 Å². The fourth-order valence-corrected chi connectivity index (χ4v) is 9.96. The Bertz CT molecular complexity index is 2280. The summed E-state index contributed by atoms with van der Waals surface area (Å²) in [5, 5.41) is 16.5. The zero-order chi connectivity index (χ0) is 79.1. The number of cyclic esters (lactones) is 4. The molecule has 0 aliphatic carbocycles. The zero-order valence-corrected chi connectivity index (χ0v) is 68.1. The zero-order valence-electron chi connectivity index (χ0n) is 68.1. The monoisotopic (exact) mass is 1470 g/mol. The van der Waals surface area contributed by atoms with E-state index in [1.807, 2.05) is 18.2 Å². The molecule has 0 aromatic rings. The molecular weight excluding hydrogens is 1320 g/mol.